The maximum absolute atomic E-state index is 10.9. The van der Waals surface area contributed by atoms with Crippen LogP contribution >= 0.6 is 0 Å². The molecule has 1 aromatic carbocycles. The van der Waals surface area contributed by atoms with Crippen molar-refractivity contribution < 1.29 is 19.4 Å². The molecule has 1 aliphatic heterocycles. The van der Waals surface area contributed by atoms with Gasteiger partial charge in [0.25, 0.3) is 5.91 Å². The summed E-state index contributed by atoms with van der Waals surface area (Å²) < 4.78 is 5.20. The highest BCUT2D eigenvalue weighted by atomic mass is 16.5. The van der Waals surface area contributed by atoms with Crippen LogP contribution < -0.4 is 10.5 Å². The molecule has 114 valence electrons. The first kappa shape index (κ1) is 15.3. The number of hydrogen-bond acceptors (Lipinski definition) is 4. The van der Waals surface area contributed by atoms with Crippen LogP contribution in [0.3, 0.4) is 0 Å². The zero-order valence-electron chi connectivity index (χ0n) is 11.8. The lowest BCUT2D eigenvalue weighted by molar-refractivity contribution is -0.143. The lowest BCUT2D eigenvalue weighted by Crippen LogP contribution is -2.35. The number of nitrogens with zero attached hydrogens (tertiary/aromatic N) is 1. The summed E-state index contributed by atoms with van der Waals surface area (Å²) in [7, 11) is 0. The smallest absolute Gasteiger partial charge is 0.306 e. The van der Waals surface area contributed by atoms with Crippen molar-refractivity contribution in [2.45, 2.75) is 19.4 Å². The average molecular weight is 292 g/mol. The second kappa shape index (κ2) is 7.08. The minimum absolute atomic E-state index is 0.123. The standard InChI is InChI=1S/C15H20N2O4/c16-14(18)10-21-13-3-1-11(2-4-13)9-17-7-5-12(6-8-17)15(19)20/h1-4,12H,5-10H2,(H2,16,18)(H,19,20). The molecule has 0 atom stereocenters. The maximum atomic E-state index is 10.9. The topological polar surface area (TPSA) is 92.9 Å². The number of aliphatic carboxylic acids is 1. The summed E-state index contributed by atoms with van der Waals surface area (Å²) in [5.74, 6) is -0.779. The number of benzene rings is 1. The fourth-order valence-corrected chi connectivity index (χ4v) is 2.44. The summed E-state index contributed by atoms with van der Waals surface area (Å²) in [4.78, 5) is 23.8. The molecule has 1 heterocycles. The molecule has 1 fully saturated rings. The van der Waals surface area contributed by atoms with Gasteiger partial charge in [0.2, 0.25) is 0 Å². The first-order valence-electron chi connectivity index (χ1n) is 7.00. The second-order valence-electron chi connectivity index (χ2n) is 5.29. The highest BCUT2D eigenvalue weighted by Crippen LogP contribution is 2.20. The van der Waals surface area contributed by atoms with E-state index in [1.807, 2.05) is 24.3 Å². The van der Waals surface area contributed by atoms with Crippen molar-refractivity contribution in [1.82, 2.24) is 4.90 Å². The van der Waals surface area contributed by atoms with Gasteiger partial charge >= 0.3 is 5.97 Å². The van der Waals surface area contributed by atoms with Crippen LogP contribution in [0.2, 0.25) is 0 Å². The molecular weight excluding hydrogens is 272 g/mol. The van der Waals surface area contributed by atoms with Crippen molar-refractivity contribution in [3.8, 4) is 5.75 Å². The fraction of sp³-hybridized carbons (Fsp3) is 0.467. The predicted octanol–water partition coefficient (Wildman–Crippen LogP) is 0.847. The van der Waals surface area contributed by atoms with Crippen LogP contribution in [0.25, 0.3) is 0 Å². The van der Waals surface area contributed by atoms with E-state index in [-0.39, 0.29) is 12.5 Å². The number of amides is 1. The number of piperidine rings is 1. The molecule has 21 heavy (non-hydrogen) atoms. The molecule has 0 aromatic heterocycles. The fourth-order valence-electron chi connectivity index (χ4n) is 2.44. The lowest BCUT2D eigenvalue weighted by atomic mass is 9.97. The Labute approximate surface area is 123 Å². The third-order valence-corrected chi connectivity index (χ3v) is 3.65. The van der Waals surface area contributed by atoms with Crippen LogP contribution in [0.4, 0.5) is 0 Å². The molecule has 6 nitrogen and oxygen atoms in total. The Bertz CT molecular complexity index is 493. The Balaban J connectivity index is 1.81. The van der Waals surface area contributed by atoms with Crippen LogP contribution in [0, 0.1) is 5.92 Å². The van der Waals surface area contributed by atoms with Gasteiger partial charge in [0, 0.05) is 6.54 Å². The molecule has 0 radical (unpaired) electrons. The Morgan fingerprint density at radius 3 is 2.38 bits per heavy atom. The molecule has 3 N–H and O–H groups in total. The molecule has 1 aliphatic rings. The van der Waals surface area contributed by atoms with Crippen molar-refractivity contribution >= 4 is 11.9 Å². The van der Waals surface area contributed by atoms with E-state index in [0.29, 0.717) is 18.6 Å². The number of hydrogen-bond donors (Lipinski definition) is 2. The zero-order valence-corrected chi connectivity index (χ0v) is 11.8. The number of carbonyl (C=O) groups excluding carboxylic acids is 1. The number of rotatable bonds is 6. The van der Waals surface area contributed by atoms with Crippen molar-refractivity contribution in [3.63, 3.8) is 0 Å². The number of carboxylic acid groups (broad SMARTS) is 1. The van der Waals surface area contributed by atoms with Gasteiger partial charge in [-0.3, -0.25) is 14.5 Å². The molecule has 0 saturated carbocycles. The summed E-state index contributed by atoms with van der Waals surface area (Å²) in [5.41, 5.74) is 6.15. The number of carbonyl (C=O) groups is 2. The summed E-state index contributed by atoms with van der Waals surface area (Å²) in [6, 6.07) is 7.50. The van der Waals surface area contributed by atoms with Gasteiger partial charge in [-0.25, -0.2) is 0 Å². The maximum Gasteiger partial charge on any atom is 0.306 e. The number of carboxylic acids is 1. The monoisotopic (exact) mass is 292 g/mol. The molecule has 0 spiro atoms. The second-order valence-corrected chi connectivity index (χ2v) is 5.29. The number of ether oxygens (including phenoxy) is 1. The quantitative estimate of drug-likeness (QED) is 0.810. The van der Waals surface area contributed by atoms with E-state index in [9.17, 15) is 9.59 Å². The Morgan fingerprint density at radius 2 is 1.86 bits per heavy atom. The van der Waals surface area contributed by atoms with E-state index in [2.05, 4.69) is 4.90 Å². The molecule has 1 amide bonds. The number of likely N-dealkylation sites (tertiary alicyclic amines) is 1. The predicted molar refractivity (Wildman–Crippen MR) is 76.8 cm³/mol. The summed E-state index contributed by atoms with van der Waals surface area (Å²) in [6.45, 7) is 2.28. The van der Waals surface area contributed by atoms with Crippen LogP contribution in [-0.2, 0) is 16.1 Å². The van der Waals surface area contributed by atoms with E-state index in [1.54, 1.807) is 0 Å². The molecule has 0 bridgehead atoms. The molecule has 0 aliphatic carbocycles. The van der Waals surface area contributed by atoms with Crippen molar-refractivity contribution in [1.29, 1.82) is 0 Å². The lowest BCUT2D eigenvalue weighted by Gasteiger charge is -2.30. The van der Waals surface area contributed by atoms with E-state index in [0.717, 1.165) is 25.2 Å². The minimum atomic E-state index is -0.689. The van der Waals surface area contributed by atoms with Crippen LogP contribution in [0.1, 0.15) is 18.4 Å². The third-order valence-electron chi connectivity index (χ3n) is 3.65. The van der Waals surface area contributed by atoms with Gasteiger partial charge in [0.05, 0.1) is 5.92 Å². The molecule has 0 unspecified atom stereocenters. The van der Waals surface area contributed by atoms with E-state index in [4.69, 9.17) is 15.6 Å². The van der Waals surface area contributed by atoms with E-state index < -0.39 is 11.9 Å². The van der Waals surface area contributed by atoms with E-state index >= 15 is 0 Å². The van der Waals surface area contributed by atoms with Crippen molar-refractivity contribution in [3.05, 3.63) is 29.8 Å². The van der Waals surface area contributed by atoms with Gasteiger partial charge in [-0.2, -0.15) is 0 Å². The van der Waals surface area contributed by atoms with Crippen molar-refractivity contribution in [2.75, 3.05) is 19.7 Å². The average Bonchev–Trinajstić information content (AvgIpc) is 2.47. The molecule has 6 heteroatoms. The van der Waals surface area contributed by atoms with Gasteiger partial charge in [-0.05, 0) is 43.6 Å². The largest absolute Gasteiger partial charge is 0.484 e. The van der Waals surface area contributed by atoms with Crippen LogP contribution in [0.15, 0.2) is 24.3 Å². The van der Waals surface area contributed by atoms with Gasteiger partial charge in [0.15, 0.2) is 6.61 Å². The number of primary amides is 1. The van der Waals surface area contributed by atoms with Gasteiger partial charge in [-0.1, -0.05) is 12.1 Å². The van der Waals surface area contributed by atoms with Gasteiger partial charge < -0.3 is 15.6 Å². The highest BCUT2D eigenvalue weighted by Gasteiger charge is 2.24. The Morgan fingerprint density at radius 1 is 1.24 bits per heavy atom. The van der Waals surface area contributed by atoms with Gasteiger partial charge in [0.1, 0.15) is 5.75 Å². The first-order chi connectivity index (χ1) is 10.0. The normalized spacial score (nSPS) is 16.6. The SMILES string of the molecule is NC(=O)COc1ccc(CN2CCC(C(=O)O)CC2)cc1. The molecular formula is C15H20N2O4. The Hall–Kier alpha value is -2.08. The van der Waals surface area contributed by atoms with E-state index in [1.165, 1.54) is 0 Å². The van der Waals surface area contributed by atoms with Crippen molar-refractivity contribution in [2.24, 2.45) is 11.7 Å². The van der Waals surface area contributed by atoms with Crippen LogP contribution in [-0.4, -0.2) is 41.6 Å². The molecule has 2 rings (SSSR count). The number of nitrogens with two attached hydrogens (primary N) is 1. The summed E-state index contributed by atoms with van der Waals surface area (Å²) in [5, 5.41) is 8.97. The highest BCUT2D eigenvalue weighted by molar-refractivity contribution is 5.75. The molecule has 1 aromatic rings. The summed E-state index contributed by atoms with van der Waals surface area (Å²) >= 11 is 0. The third kappa shape index (κ3) is 4.75. The van der Waals surface area contributed by atoms with Crippen LogP contribution in [0.5, 0.6) is 5.75 Å². The minimum Gasteiger partial charge on any atom is -0.484 e. The molecule has 1 saturated heterocycles. The Kier molecular flexibility index (Phi) is 5.16. The van der Waals surface area contributed by atoms with Gasteiger partial charge in [-0.15, -0.1) is 0 Å². The first-order valence-corrected chi connectivity index (χ1v) is 7.00. The zero-order chi connectivity index (χ0) is 15.2. The summed E-state index contributed by atoms with van der Waals surface area (Å²) in [6.07, 6.45) is 1.41.